The molecule has 21 heavy (non-hydrogen) atoms. The third-order valence-electron chi connectivity index (χ3n) is 2.76. The molecule has 0 atom stereocenters. The predicted molar refractivity (Wildman–Crippen MR) is 85.4 cm³/mol. The van der Waals surface area contributed by atoms with Crippen LogP contribution in [0.2, 0.25) is 10.0 Å². The number of amides is 1. The first-order chi connectivity index (χ1) is 9.88. The van der Waals surface area contributed by atoms with Gasteiger partial charge in [-0.25, -0.2) is 0 Å². The fourth-order valence-corrected chi connectivity index (χ4v) is 2.00. The van der Waals surface area contributed by atoms with E-state index in [0.29, 0.717) is 32.8 Å². The summed E-state index contributed by atoms with van der Waals surface area (Å²) in [5.74, 6) is 0.667. The van der Waals surface area contributed by atoms with Crippen LogP contribution in [0.1, 0.15) is 10.4 Å². The Hall–Kier alpha value is -1.91. The molecule has 110 valence electrons. The van der Waals surface area contributed by atoms with Crippen molar-refractivity contribution < 1.29 is 9.53 Å². The molecule has 0 bridgehead atoms. The lowest BCUT2D eigenvalue weighted by atomic mass is 10.1. The summed E-state index contributed by atoms with van der Waals surface area (Å²) in [5, 5.41) is 0.805. The number of hydrogen-bond donors (Lipinski definition) is 1. The number of hydrogen-bond acceptors (Lipinski definition) is 3. The summed E-state index contributed by atoms with van der Waals surface area (Å²) >= 11 is 11.8. The van der Waals surface area contributed by atoms with Crippen LogP contribution in [0.15, 0.2) is 36.4 Å². The fourth-order valence-electron chi connectivity index (χ4n) is 1.71. The maximum atomic E-state index is 12.1. The lowest BCUT2D eigenvalue weighted by Gasteiger charge is -2.15. The molecule has 2 aromatic rings. The lowest BCUT2D eigenvalue weighted by molar-refractivity contribution is 0.0825. The Balaban J connectivity index is 2.40. The number of ether oxygens (including phenoxy) is 1. The van der Waals surface area contributed by atoms with Gasteiger partial charge in [0.2, 0.25) is 0 Å². The third-order valence-corrected chi connectivity index (χ3v) is 3.50. The van der Waals surface area contributed by atoms with Crippen molar-refractivity contribution in [3.05, 3.63) is 52.0 Å². The smallest absolute Gasteiger partial charge is 0.257 e. The van der Waals surface area contributed by atoms with E-state index in [4.69, 9.17) is 33.7 Å². The van der Waals surface area contributed by atoms with E-state index in [9.17, 15) is 4.79 Å². The molecule has 0 aliphatic carbocycles. The molecular formula is C15H14Cl2N2O2. The van der Waals surface area contributed by atoms with Crippen LogP contribution in [0.5, 0.6) is 11.5 Å². The van der Waals surface area contributed by atoms with Gasteiger partial charge in [-0.1, -0.05) is 23.2 Å². The second-order valence-corrected chi connectivity index (χ2v) is 5.45. The fraction of sp³-hybridized carbons (Fsp3) is 0.133. The number of carbonyl (C=O) groups is 1. The van der Waals surface area contributed by atoms with E-state index in [0.717, 1.165) is 0 Å². The second-order valence-electron chi connectivity index (χ2n) is 4.63. The van der Waals surface area contributed by atoms with Crippen LogP contribution in [0.4, 0.5) is 5.69 Å². The first kappa shape index (κ1) is 15.5. The highest BCUT2D eigenvalue weighted by molar-refractivity contribution is 6.42. The summed E-state index contributed by atoms with van der Waals surface area (Å²) in [5.41, 5.74) is 6.68. The SMILES string of the molecule is CN(C)C(=O)c1ccc(N)cc1Oc1ccc(Cl)c(Cl)c1. The number of anilines is 1. The minimum absolute atomic E-state index is 0.176. The van der Waals surface area contributed by atoms with E-state index in [1.807, 2.05) is 0 Å². The van der Waals surface area contributed by atoms with Crippen molar-refractivity contribution in [3.63, 3.8) is 0 Å². The number of nitrogens with zero attached hydrogens (tertiary/aromatic N) is 1. The van der Waals surface area contributed by atoms with Crippen LogP contribution in [0, 0.1) is 0 Å². The predicted octanol–water partition coefficient (Wildman–Crippen LogP) is 4.07. The molecule has 0 saturated carbocycles. The van der Waals surface area contributed by atoms with E-state index < -0.39 is 0 Å². The van der Waals surface area contributed by atoms with Crippen LogP contribution >= 0.6 is 23.2 Å². The molecule has 0 unspecified atom stereocenters. The van der Waals surface area contributed by atoms with Gasteiger partial charge in [0.15, 0.2) is 0 Å². The monoisotopic (exact) mass is 324 g/mol. The zero-order valence-electron chi connectivity index (χ0n) is 11.6. The van der Waals surface area contributed by atoms with Gasteiger partial charge >= 0.3 is 0 Å². The molecule has 0 fully saturated rings. The van der Waals surface area contributed by atoms with Gasteiger partial charge in [-0.3, -0.25) is 4.79 Å². The molecule has 2 N–H and O–H groups in total. The average Bonchev–Trinajstić information content (AvgIpc) is 2.42. The topological polar surface area (TPSA) is 55.6 Å². The molecule has 0 aromatic heterocycles. The number of benzene rings is 2. The highest BCUT2D eigenvalue weighted by Crippen LogP contribution is 2.32. The molecule has 4 nitrogen and oxygen atoms in total. The van der Waals surface area contributed by atoms with Crippen molar-refractivity contribution in [2.24, 2.45) is 0 Å². The molecule has 2 aromatic carbocycles. The van der Waals surface area contributed by atoms with E-state index in [1.54, 1.807) is 50.5 Å². The van der Waals surface area contributed by atoms with Gasteiger partial charge in [-0.05, 0) is 24.3 Å². The van der Waals surface area contributed by atoms with Crippen molar-refractivity contribution in [1.82, 2.24) is 4.90 Å². The molecule has 0 aliphatic rings. The molecule has 6 heteroatoms. The summed E-state index contributed by atoms with van der Waals surface area (Å²) in [6.45, 7) is 0. The highest BCUT2D eigenvalue weighted by Gasteiger charge is 2.15. The standard InChI is InChI=1S/C15H14Cl2N2O2/c1-19(2)15(20)11-5-3-9(18)7-14(11)21-10-4-6-12(16)13(17)8-10/h3-8H,18H2,1-2H3. The zero-order valence-corrected chi connectivity index (χ0v) is 13.1. The Morgan fingerprint density at radius 2 is 1.81 bits per heavy atom. The van der Waals surface area contributed by atoms with Gasteiger partial charge in [0.05, 0.1) is 15.6 Å². The Bertz CT molecular complexity index is 687. The number of halogens is 2. The Labute approximate surface area is 133 Å². The maximum absolute atomic E-state index is 12.1. The van der Waals surface area contributed by atoms with Crippen LogP contribution in [0.3, 0.4) is 0 Å². The summed E-state index contributed by atoms with van der Waals surface area (Å²) in [4.78, 5) is 13.6. The molecule has 0 aliphatic heterocycles. The van der Waals surface area contributed by atoms with Gasteiger partial charge in [-0.15, -0.1) is 0 Å². The number of rotatable bonds is 3. The highest BCUT2D eigenvalue weighted by atomic mass is 35.5. The third kappa shape index (κ3) is 3.60. The largest absolute Gasteiger partial charge is 0.456 e. The van der Waals surface area contributed by atoms with Crippen LogP contribution in [-0.2, 0) is 0 Å². The maximum Gasteiger partial charge on any atom is 0.257 e. The first-order valence-electron chi connectivity index (χ1n) is 6.12. The first-order valence-corrected chi connectivity index (χ1v) is 6.88. The van der Waals surface area contributed by atoms with Crippen LogP contribution < -0.4 is 10.5 Å². The van der Waals surface area contributed by atoms with E-state index >= 15 is 0 Å². The minimum Gasteiger partial charge on any atom is -0.456 e. The van der Waals surface area contributed by atoms with Crippen molar-refractivity contribution in [2.45, 2.75) is 0 Å². The number of carbonyl (C=O) groups excluding carboxylic acids is 1. The molecule has 1 amide bonds. The van der Waals surface area contributed by atoms with Gasteiger partial charge in [0, 0.05) is 31.9 Å². The van der Waals surface area contributed by atoms with Gasteiger partial charge in [0.25, 0.3) is 5.91 Å². The van der Waals surface area contributed by atoms with Gasteiger partial charge < -0.3 is 15.4 Å². The minimum atomic E-state index is -0.176. The van der Waals surface area contributed by atoms with Crippen molar-refractivity contribution in [2.75, 3.05) is 19.8 Å². The van der Waals surface area contributed by atoms with Crippen molar-refractivity contribution in [3.8, 4) is 11.5 Å². The summed E-state index contributed by atoms with van der Waals surface area (Å²) in [6, 6.07) is 9.75. The molecule has 0 saturated heterocycles. The van der Waals surface area contributed by atoms with E-state index in [-0.39, 0.29) is 5.91 Å². The number of nitrogens with two attached hydrogens (primary N) is 1. The van der Waals surface area contributed by atoms with Gasteiger partial charge in [-0.2, -0.15) is 0 Å². The normalized spacial score (nSPS) is 10.3. The molecule has 0 heterocycles. The lowest BCUT2D eigenvalue weighted by Crippen LogP contribution is -2.22. The Morgan fingerprint density at radius 3 is 2.43 bits per heavy atom. The zero-order chi connectivity index (χ0) is 15.6. The summed E-state index contributed by atoms with van der Waals surface area (Å²) in [6.07, 6.45) is 0. The molecule has 0 spiro atoms. The van der Waals surface area contributed by atoms with Crippen LogP contribution in [0.25, 0.3) is 0 Å². The Morgan fingerprint density at radius 1 is 1.10 bits per heavy atom. The summed E-state index contributed by atoms with van der Waals surface area (Å²) < 4.78 is 5.73. The average molecular weight is 325 g/mol. The Kier molecular flexibility index (Phi) is 4.60. The second kappa shape index (κ2) is 6.24. The van der Waals surface area contributed by atoms with E-state index in [1.165, 1.54) is 4.90 Å². The number of nitrogen functional groups attached to an aromatic ring is 1. The molecular weight excluding hydrogens is 311 g/mol. The quantitative estimate of drug-likeness (QED) is 0.866. The molecule has 2 rings (SSSR count). The van der Waals surface area contributed by atoms with Crippen molar-refractivity contribution in [1.29, 1.82) is 0 Å². The van der Waals surface area contributed by atoms with Crippen molar-refractivity contribution >= 4 is 34.8 Å². The van der Waals surface area contributed by atoms with Gasteiger partial charge in [0.1, 0.15) is 11.5 Å². The van der Waals surface area contributed by atoms with E-state index in [2.05, 4.69) is 0 Å². The van der Waals surface area contributed by atoms with Crippen LogP contribution in [-0.4, -0.2) is 24.9 Å². The molecule has 0 radical (unpaired) electrons. The summed E-state index contributed by atoms with van der Waals surface area (Å²) in [7, 11) is 3.34.